The summed E-state index contributed by atoms with van der Waals surface area (Å²) in [5, 5.41) is 6.98. The average Bonchev–Trinajstić information content (AvgIpc) is 3.12. The van der Waals surface area contributed by atoms with Gasteiger partial charge in [0, 0.05) is 12.0 Å². The SMILES string of the molecule is CC(C)c1cc(CNC(=O)[C@@H](c2ccc(F)cc2)N2CCCCC2)no1. The van der Waals surface area contributed by atoms with Crippen molar-refractivity contribution in [3.8, 4) is 0 Å². The Labute approximate surface area is 153 Å². The van der Waals surface area contributed by atoms with Crippen LogP contribution in [0.3, 0.4) is 0 Å². The fourth-order valence-corrected chi connectivity index (χ4v) is 3.31. The third-order valence-corrected chi connectivity index (χ3v) is 4.78. The van der Waals surface area contributed by atoms with Crippen LogP contribution >= 0.6 is 0 Å². The van der Waals surface area contributed by atoms with Crippen molar-refractivity contribution < 1.29 is 13.7 Å². The lowest BCUT2D eigenvalue weighted by molar-refractivity contribution is -0.127. The lowest BCUT2D eigenvalue weighted by atomic mass is 10.0. The topological polar surface area (TPSA) is 58.4 Å². The second-order valence-electron chi connectivity index (χ2n) is 7.14. The number of aromatic nitrogens is 1. The van der Waals surface area contributed by atoms with Crippen molar-refractivity contribution >= 4 is 5.91 Å². The van der Waals surface area contributed by atoms with E-state index in [0.29, 0.717) is 12.2 Å². The molecule has 0 unspecified atom stereocenters. The largest absolute Gasteiger partial charge is 0.361 e. The summed E-state index contributed by atoms with van der Waals surface area (Å²) in [4.78, 5) is 15.1. The number of carbonyl (C=O) groups excluding carboxylic acids is 1. The van der Waals surface area contributed by atoms with Crippen molar-refractivity contribution in [3.63, 3.8) is 0 Å². The molecule has 1 fully saturated rings. The first-order valence-electron chi connectivity index (χ1n) is 9.27. The summed E-state index contributed by atoms with van der Waals surface area (Å²) in [6, 6.07) is 7.67. The number of piperidine rings is 1. The number of nitrogens with one attached hydrogen (secondary N) is 1. The molecule has 140 valence electrons. The van der Waals surface area contributed by atoms with Crippen LogP contribution in [0.4, 0.5) is 4.39 Å². The summed E-state index contributed by atoms with van der Waals surface area (Å²) in [6.45, 7) is 6.13. The molecule has 0 radical (unpaired) electrons. The number of hydrogen-bond donors (Lipinski definition) is 1. The second-order valence-corrected chi connectivity index (χ2v) is 7.14. The first kappa shape index (κ1) is 18.6. The maximum Gasteiger partial charge on any atom is 0.242 e. The molecule has 0 saturated carbocycles. The molecule has 1 saturated heterocycles. The molecule has 1 aliphatic rings. The summed E-state index contributed by atoms with van der Waals surface area (Å²) in [5.41, 5.74) is 1.52. The third kappa shape index (κ3) is 4.49. The Morgan fingerprint density at radius 2 is 1.92 bits per heavy atom. The minimum Gasteiger partial charge on any atom is -0.361 e. The van der Waals surface area contributed by atoms with E-state index in [1.165, 1.54) is 18.6 Å². The molecule has 5 nitrogen and oxygen atoms in total. The highest BCUT2D eigenvalue weighted by molar-refractivity contribution is 5.83. The van der Waals surface area contributed by atoms with Gasteiger partial charge in [-0.25, -0.2) is 4.39 Å². The molecule has 2 heterocycles. The molecule has 26 heavy (non-hydrogen) atoms. The van der Waals surface area contributed by atoms with E-state index in [1.54, 1.807) is 12.1 Å². The lowest BCUT2D eigenvalue weighted by Gasteiger charge is -2.33. The van der Waals surface area contributed by atoms with Gasteiger partial charge in [0.05, 0.1) is 6.54 Å². The minimum atomic E-state index is -0.410. The van der Waals surface area contributed by atoms with Crippen LogP contribution in [0.2, 0.25) is 0 Å². The Morgan fingerprint density at radius 1 is 1.23 bits per heavy atom. The van der Waals surface area contributed by atoms with Gasteiger partial charge in [-0.05, 0) is 43.6 Å². The Morgan fingerprint density at radius 3 is 2.54 bits per heavy atom. The Kier molecular flexibility index (Phi) is 6.04. The number of carbonyl (C=O) groups is 1. The highest BCUT2D eigenvalue weighted by Crippen LogP contribution is 2.25. The maximum absolute atomic E-state index is 13.3. The number of likely N-dealkylation sites (tertiary alicyclic amines) is 1. The van der Waals surface area contributed by atoms with E-state index in [2.05, 4.69) is 15.4 Å². The highest BCUT2D eigenvalue weighted by atomic mass is 19.1. The summed E-state index contributed by atoms with van der Waals surface area (Å²) in [6.07, 6.45) is 3.34. The molecule has 6 heteroatoms. The Bertz CT molecular complexity index is 721. The zero-order chi connectivity index (χ0) is 18.5. The standard InChI is InChI=1S/C20H26FN3O2/c1-14(2)18-12-17(23-26-18)13-22-20(25)19(24-10-4-3-5-11-24)15-6-8-16(21)9-7-15/h6-9,12,14,19H,3-5,10-11,13H2,1-2H3,(H,22,25)/t19-/m1/s1. The third-order valence-electron chi connectivity index (χ3n) is 4.78. The van der Waals surface area contributed by atoms with Gasteiger partial charge in [0.2, 0.25) is 5.91 Å². The second kappa shape index (κ2) is 8.45. The molecule has 2 aromatic rings. The molecule has 0 aliphatic carbocycles. The van der Waals surface area contributed by atoms with Gasteiger partial charge in [-0.15, -0.1) is 0 Å². The first-order valence-corrected chi connectivity index (χ1v) is 9.27. The Balaban J connectivity index is 1.72. The van der Waals surface area contributed by atoms with Crippen LogP contribution in [0.25, 0.3) is 0 Å². The van der Waals surface area contributed by atoms with Crippen molar-refractivity contribution in [2.75, 3.05) is 13.1 Å². The number of nitrogens with zero attached hydrogens (tertiary/aromatic N) is 2. The minimum absolute atomic E-state index is 0.0902. The van der Waals surface area contributed by atoms with E-state index in [4.69, 9.17) is 4.52 Å². The summed E-state index contributed by atoms with van der Waals surface area (Å²) >= 11 is 0. The molecule has 1 aromatic carbocycles. The van der Waals surface area contributed by atoms with E-state index in [0.717, 1.165) is 37.3 Å². The van der Waals surface area contributed by atoms with E-state index in [-0.39, 0.29) is 17.6 Å². The molecule has 1 aromatic heterocycles. The van der Waals surface area contributed by atoms with Gasteiger partial charge in [0.25, 0.3) is 0 Å². The van der Waals surface area contributed by atoms with Gasteiger partial charge >= 0.3 is 0 Å². The van der Waals surface area contributed by atoms with Gasteiger partial charge in [-0.2, -0.15) is 0 Å². The fourth-order valence-electron chi connectivity index (χ4n) is 3.31. The number of hydrogen-bond acceptors (Lipinski definition) is 4. The van der Waals surface area contributed by atoms with Crippen LogP contribution in [0.15, 0.2) is 34.9 Å². The van der Waals surface area contributed by atoms with E-state index < -0.39 is 6.04 Å². The summed E-state index contributed by atoms with van der Waals surface area (Å²) < 4.78 is 18.6. The molecular formula is C20H26FN3O2. The zero-order valence-corrected chi connectivity index (χ0v) is 15.4. The first-order chi connectivity index (χ1) is 12.5. The van der Waals surface area contributed by atoms with Crippen LogP contribution in [0, 0.1) is 5.82 Å². The molecule has 1 atom stereocenters. The van der Waals surface area contributed by atoms with Crippen LogP contribution < -0.4 is 5.32 Å². The van der Waals surface area contributed by atoms with Crippen molar-refractivity contribution in [1.82, 2.24) is 15.4 Å². The van der Waals surface area contributed by atoms with Crippen LogP contribution in [-0.4, -0.2) is 29.1 Å². The number of benzene rings is 1. The predicted octanol–water partition coefficient (Wildman–Crippen LogP) is 3.78. The smallest absolute Gasteiger partial charge is 0.242 e. The maximum atomic E-state index is 13.3. The van der Waals surface area contributed by atoms with Crippen molar-refractivity contribution in [1.29, 1.82) is 0 Å². The van der Waals surface area contributed by atoms with E-state index in [1.807, 2.05) is 19.9 Å². The molecule has 1 aliphatic heterocycles. The molecule has 3 rings (SSSR count). The van der Waals surface area contributed by atoms with E-state index >= 15 is 0 Å². The number of rotatable bonds is 6. The highest BCUT2D eigenvalue weighted by Gasteiger charge is 2.28. The monoisotopic (exact) mass is 359 g/mol. The molecule has 0 bridgehead atoms. The number of amides is 1. The Hall–Kier alpha value is -2.21. The molecule has 0 spiro atoms. The van der Waals surface area contributed by atoms with Gasteiger partial charge in [0.1, 0.15) is 23.3 Å². The van der Waals surface area contributed by atoms with Crippen molar-refractivity contribution in [2.24, 2.45) is 0 Å². The zero-order valence-electron chi connectivity index (χ0n) is 15.4. The van der Waals surface area contributed by atoms with Crippen LogP contribution in [-0.2, 0) is 11.3 Å². The molecular weight excluding hydrogens is 333 g/mol. The summed E-state index contributed by atoms with van der Waals surface area (Å²) in [5.74, 6) is 0.676. The average molecular weight is 359 g/mol. The van der Waals surface area contributed by atoms with Crippen LogP contribution in [0.5, 0.6) is 0 Å². The van der Waals surface area contributed by atoms with Crippen molar-refractivity contribution in [3.05, 3.63) is 53.2 Å². The van der Waals surface area contributed by atoms with Gasteiger partial charge in [-0.3, -0.25) is 9.69 Å². The lowest BCUT2D eigenvalue weighted by Crippen LogP contribution is -2.42. The summed E-state index contributed by atoms with van der Waals surface area (Å²) in [7, 11) is 0. The number of halogens is 1. The fraction of sp³-hybridized carbons (Fsp3) is 0.500. The van der Waals surface area contributed by atoms with Crippen molar-refractivity contribution in [2.45, 2.75) is 51.6 Å². The normalized spacial score (nSPS) is 16.6. The van der Waals surface area contributed by atoms with Gasteiger partial charge in [0.15, 0.2) is 0 Å². The van der Waals surface area contributed by atoms with Gasteiger partial charge in [-0.1, -0.05) is 37.6 Å². The molecule has 1 N–H and O–H groups in total. The van der Waals surface area contributed by atoms with E-state index in [9.17, 15) is 9.18 Å². The quantitative estimate of drug-likeness (QED) is 0.853. The predicted molar refractivity (Wildman–Crippen MR) is 97.0 cm³/mol. The van der Waals surface area contributed by atoms with Gasteiger partial charge < -0.3 is 9.84 Å². The molecule has 1 amide bonds. The van der Waals surface area contributed by atoms with Crippen LogP contribution in [0.1, 0.15) is 62.1 Å².